The average Bonchev–Trinajstić information content (AvgIpc) is 2.95. The molecule has 3 aromatic rings. The van der Waals surface area contributed by atoms with Gasteiger partial charge in [0.25, 0.3) is 0 Å². The van der Waals surface area contributed by atoms with Crippen molar-refractivity contribution in [3.05, 3.63) is 41.5 Å². The molecule has 0 amide bonds. The van der Waals surface area contributed by atoms with E-state index >= 15 is 0 Å². The molecule has 19 heavy (non-hydrogen) atoms. The molecule has 1 atom stereocenters. The SMILES string of the molecule is CCC(N)c1nnc(-c2ccc3ncccc3c2)s1. The van der Waals surface area contributed by atoms with E-state index in [9.17, 15) is 0 Å². The fraction of sp³-hybridized carbons (Fsp3) is 0.214. The predicted molar refractivity (Wildman–Crippen MR) is 77.9 cm³/mol. The summed E-state index contributed by atoms with van der Waals surface area (Å²) in [5.74, 6) is 0. The van der Waals surface area contributed by atoms with Crippen LogP contribution in [0.1, 0.15) is 24.4 Å². The van der Waals surface area contributed by atoms with E-state index in [4.69, 9.17) is 5.73 Å². The molecule has 5 heteroatoms. The molecule has 0 fully saturated rings. The summed E-state index contributed by atoms with van der Waals surface area (Å²) in [5.41, 5.74) is 8.02. The van der Waals surface area contributed by atoms with Crippen molar-refractivity contribution in [3.63, 3.8) is 0 Å². The molecule has 2 N–H and O–H groups in total. The number of rotatable bonds is 3. The van der Waals surface area contributed by atoms with Crippen molar-refractivity contribution >= 4 is 22.2 Å². The molecule has 0 aliphatic heterocycles. The van der Waals surface area contributed by atoms with Crippen LogP contribution in [-0.2, 0) is 0 Å². The van der Waals surface area contributed by atoms with Gasteiger partial charge in [0.05, 0.1) is 11.6 Å². The monoisotopic (exact) mass is 270 g/mol. The number of nitrogens with two attached hydrogens (primary N) is 1. The Morgan fingerprint density at radius 3 is 3.00 bits per heavy atom. The first-order valence-electron chi connectivity index (χ1n) is 6.22. The molecule has 4 nitrogen and oxygen atoms in total. The summed E-state index contributed by atoms with van der Waals surface area (Å²) < 4.78 is 0. The molecule has 0 aliphatic rings. The first-order chi connectivity index (χ1) is 9.28. The number of hydrogen-bond acceptors (Lipinski definition) is 5. The Bertz CT molecular complexity index is 707. The average molecular weight is 270 g/mol. The number of pyridine rings is 1. The molecule has 0 saturated heterocycles. The quantitative estimate of drug-likeness (QED) is 0.794. The van der Waals surface area contributed by atoms with Crippen LogP contribution in [0.4, 0.5) is 0 Å². The van der Waals surface area contributed by atoms with Crippen molar-refractivity contribution in [2.24, 2.45) is 5.73 Å². The van der Waals surface area contributed by atoms with E-state index in [0.717, 1.165) is 32.9 Å². The Kier molecular flexibility index (Phi) is 3.23. The molecular formula is C14H14N4S. The molecule has 1 aromatic carbocycles. The zero-order chi connectivity index (χ0) is 13.2. The minimum Gasteiger partial charge on any atom is -0.322 e. The second-order valence-corrected chi connectivity index (χ2v) is 5.38. The lowest BCUT2D eigenvalue weighted by molar-refractivity contribution is 0.683. The summed E-state index contributed by atoms with van der Waals surface area (Å²) >= 11 is 1.56. The highest BCUT2D eigenvalue weighted by molar-refractivity contribution is 7.14. The van der Waals surface area contributed by atoms with Crippen molar-refractivity contribution in [1.82, 2.24) is 15.2 Å². The van der Waals surface area contributed by atoms with Crippen LogP contribution in [0.15, 0.2) is 36.5 Å². The number of fused-ring (bicyclic) bond motifs is 1. The fourth-order valence-corrected chi connectivity index (χ4v) is 2.81. The Hall–Kier alpha value is -1.85. The summed E-state index contributed by atoms with van der Waals surface area (Å²) in [6, 6.07) is 10.1. The maximum Gasteiger partial charge on any atom is 0.147 e. The number of benzene rings is 1. The third-order valence-corrected chi connectivity index (χ3v) is 4.15. The van der Waals surface area contributed by atoms with Gasteiger partial charge in [-0.3, -0.25) is 4.98 Å². The molecule has 0 spiro atoms. The largest absolute Gasteiger partial charge is 0.322 e. The Balaban J connectivity index is 2.01. The molecule has 0 aliphatic carbocycles. The lowest BCUT2D eigenvalue weighted by atomic mass is 10.1. The van der Waals surface area contributed by atoms with E-state index in [1.807, 2.05) is 31.2 Å². The zero-order valence-electron chi connectivity index (χ0n) is 10.6. The lowest BCUT2D eigenvalue weighted by Crippen LogP contribution is -2.07. The van der Waals surface area contributed by atoms with E-state index in [2.05, 4.69) is 21.2 Å². The molecule has 0 radical (unpaired) electrons. The van der Waals surface area contributed by atoms with Gasteiger partial charge in [-0.15, -0.1) is 10.2 Å². The van der Waals surface area contributed by atoms with Crippen LogP contribution in [0.5, 0.6) is 0 Å². The van der Waals surface area contributed by atoms with Crippen LogP contribution < -0.4 is 5.73 Å². The Morgan fingerprint density at radius 2 is 2.16 bits per heavy atom. The van der Waals surface area contributed by atoms with Crippen LogP contribution in [0.25, 0.3) is 21.5 Å². The fourth-order valence-electron chi connectivity index (χ4n) is 1.88. The second-order valence-electron chi connectivity index (χ2n) is 4.37. The predicted octanol–water partition coefficient (Wildman–Crippen LogP) is 3.16. The molecule has 2 heterocycles. The molecule has 0 bridgehead atoms. The molecule has 1 unspecified atom stereocenters. The van der Waals surface area contributed by atoms with Crippen LogP contribution in [0.2, 0.25) is 0 Å². The lowest BCUT2D eigenvalue weighted by Gasteiger charge is -2.01. The molecule has 2 aromatic heterocycles. The van der Waals surface area contributed by atoms with Crippen molar-refractivity contribution in [2.75, 3.05) is 0 Å². The summed E-state index contributed by atoms with van der Waals surface area (Å²) in [4.78, 5) is 4.31. The topological polar surface area (TPSA) is 64.7 Å². The molecular weight excluding hydrogens is 256 g/mol. The summed E-state index contributed by atoms with van der Waals surface area (Å²) in [5, 5.41) is 11.3. The van der Waals surface area contributed by atoms with Crippen molar-refractivity contribution in [1.29, 1.82) is 0 Å². The van der Waals surface area contributed by atoms with Crippen molar-refractivity contribution in [2.45, 2.75) is 19.4 Å². The normalized spacial score (nSPS) is 12.7. The smallest absolute Gasteiger partial charge is 0.147 e. The van der Waals surface area contributed by atoms with Gasteiger partial charge in [0, 0.05) is 17.1 Å². The van der Waals surface area contributed by atoms with Gasteiger partial charge in [-0.2, -0.15) is 0 Å². The van der Waals surface area contributed by atoms with Gasteiger partial charge in [-0.05, 0) is 30.7 Å². The number of aromatic nitrogens is 3. The standard InChI is InChI=1S/C14H14N4S/c1-2-11(15)14-18-17-13(19-14)10-5-6-12-9(8-10)4-3-7-16-12/h3-8,11H,2,15H2,1H3. The second kappa shape index (κ2) is 5.03. The third-order valence-electron chi connectivity index (χ3n) is 3.05. The van der Waals surface area contributed by atoms with Gasteiger partial charge in [-0.1, -0.05) is 24.3 Å². The summed E-state index contributed by atoms with van der Waals surface area (Å²) in [7, 11) is 0. The minimum atomic E-state index is -0.0200. The number of nitrogens with zero attached hydrogens (tertiary/aromatic N) is 3. The maximum absolute atomic E-state index is 5.97. The molecule has 0 saturated carbocycles. The summed E-state index contributed by atoms with van der Waals surface area (Å²) in [6.45, 7) is 2.05. The Morgan fingerprint density at radius 1 is 1.26 bits per heavy atom. The van der Waals surface area contributed by atoms with Crippen LogP contribution in [0, 0.1) is 0 Å². The first-order valence-corrected chi connectivity index (χ1v) is 7.03. The van der Waals surface area contributed by atoms with Gasteiger partial charge >= 0.3 is 0 Å². The summed E-state index contributed by atoms with van der Waals surface area (Å²) in [6.07, 6.45) is 2.67. The van der Waals surface area contributed by atoms with E-state index in [0.29, 0.717) is 0 Å². The van der Waals surface area contributed by atoms with E-state index in [1.54, 1.807) is 17.5 Å². The Labute approximate surface area is 115 Å². The maximum atomic E-state index is 5.97. The third kappa shape index (κ3) is 2.34. The van der Waals surface area contributed by atoms with Crippen molar-refractivity contribution in [3.8, 4) is 10.6 Å². The zero-order valence-corrected chi connectivity index (χ0v) is 11.4. The van der Waals surface area contributed by atoms with Crippen LogP contribution >= 0.6 is 11.3 Å². The van der Waals surface area contributed by atoms with Gasteiger partial charge in [0.2, 0.25) is 0 Å². The minimum absolute atomic E-state index is 0.0200. The molecule has 96 valence electrons. The van der Waals surface area contributed by atoms with E-state index in [1.165, 1.54) is 0 Å². The van der Waals surface area contributed by atoms with Crippen LogP contribution in [-0.4, -0.2) is 15.2 Å². The highest BCUT2D eigenvalue weighted by Crippen LogP contribution is 2.28. The highest BCUT2D eigenvalue weighted by Gasteiger charge is 2.12. The van der Waals surface area contributed by atoms with Crippen molar-refractivity contribution < 1.29 is 0 Å². The van der Waals surface area contributed by atoms with Gasteiger partial charge in [-0.25, -0.2) is 0 Å². The highest BCUT2D eigenvalue weighted by atomic mass is 32.1. The van der Waals surface area contributed by atoms with E-state index < -0.39 is 0 Å². The van der Waals surface area contributed by atoms with Gasteiger partial charge < -0.3 is 5.73 Å². The first kappa shape index (κ1) is 12.2. The van der Waals surface area contributed by atoms with E-state index in [-0.39, 0.29) is 6.04 Å². The van der Waals surface area contributed by atoms with Gasteiger partial charge in [0.15, 0.2) is 0 Å². The van der Waals surface area contributed by atoms with Gasteiger partial charge in [0.1, 0.15) is 10.0 Å². The van der Waals surface area contributed by atoms with Crippen LogP contribution in [0.3, 0.4) is 0 Å². The number of hydrogen-bond donors (Lipinski definition) is 1. The molecule has 3 rings (SSSR count).